The van der Waals surface area contributed by atoms with E-state index >= 15 is 0 Å². The van der Waals surface area contributed by atoms with Crippen molar-refractivity contribution in [1.29, 1.82) is 0 Å². The summed E-state index contributed by atoms with van der Waals surface area (Å²) >= 11 is 4.48. The fourth-order valence-corrected chi connectivity index (χ4v) is 1.05. The number of rotatable bonds is 3. The third-order valence-electron chi connectivity index (χ3n) is 1.44. The Morgan fingerprint density at radius 3 is 2.25 bits per heavy atom. The number of benzene rings is 1. The van der Waals surface area contributed by atoms with E-state index < -0.39 is 11.6 Å². The van der Waals surface area contributed by atoms with Gasteiger partial charge in [0, 0.05) is 11.4 Å². The van der Waals surface area contributed by atoms with Crippen LogP contribution in [0.3, 0.4) is 0 Å². The van der Waals surface area contributed by atoms with Crippen LogP contribution in [0.4, 0.5) is 8.78 Å². The van der Waals surface area contributed by atoms with E-state index in [9.17, 15) is 8.78 Å². The minimum Gasteiger partial charge on any atom is -0.207 e. The van der Waals surface area contributed by atoms with E-state index in [1.165, 1.54) is 12.1 Å². The van der Waals surface area contributed by atoms with E-state index in [2.05, 4.69) is 17.6 Å². The maximum absolute atomic E-state index is 12.6. The molecule has 0 saturated heterocycles. The Kier molecular flexibility index (Phi) is 3.29. The van der Waals surface area contributed by atoms with Gasteiger partial charge < -0.3 is 0 Å². The van der Waals surface area contributed by atoms with Crippen molar-refractivity contribution in [2.45, 2.75) is 12.8 Å². The van der Waals surface area contributed by atoms with E-state index in [0.29, 0.717) is 18.4 Å². The fraction of sp³-hybridized carbons (Fsp3) is 0.222. The second kappa shape index (κ2) is 4.26. The normalized spacial score (nSPS) is 9.83. The number of aryl methyl sites for hydroxylation is 1. The van der Waals surface area contributed by atoms with Crippen molar-refractivity contribution in [3.8, 4) is 0 Å². The van der Waals surface area contributed by atoms with Crippen molar-refractivity contribution in [2.75, 3.05) is 0 Å². The molecule has 0 amide bonds. The maximum Gasteiger partial charge on any atom is 0.126 e. The van der Waals surface area contributed by atoms with E-state index in [1.807, 2.05) is 0 Å². The van der Waals surface area contributed by atoms with Crippen LogP contribution in [-0.2, 0) is 6.42 Å². The third kappa shape index (κ3) is 2.66. The zero-order valence-electron chi connectivity index (χ0n) is 6.31. The topological polar surface area (TPSA) is 0 Å². The molecule has 0 unspecified atom stereocenters. The molecule has 0 bridgehead atoms. The number of hydrogen-bond acceptors (Lipinski definition) is 1. The first-order chi connectivity index (χ1) is 5.72. The average Bonchev–Trinajstić information content (AvgIpc) is 1.99. The zero-order chi connectivity index (χ0) is 8.97. The lowest BCUT2D eigenvalue weighted by Gasteiger charge is -1.98. The summed E-state index contributed by atoms with van der Waals surface area (Å²) in [5.41, 5.74) is 0.616. The highest BCUT2D eigenvalue weighted by Crippen LogP contribution is 2.09. The van der Waals surface area contributed by atoms with Crippen molar-refractivity contribution >= 4 is 17.6 Å². The molecule has 0 fully saturated rings. The predicted molar refractivity (Wildman–Crippen MR) is 47.3 cm³/mol. The summed E-state index contributed by atoms with van der Waals surface area (Å²) in [5, 5.41) is 2.49. The van der Waals surface area contributed by atoms with E-state index in [4.69, 9.17) is 0 Å². The molecule has 63 valence electrons. The smallest absolute Gasteiger partial charge is 0.126 e. The van der Waals surface area contributed by atoms with Crippen molar-refractivity contribution in [3.05, 3.63) is 35.4 Å². The van der Waals surface area contributed by atoms with Gasteiger partial charge in [0.1, 0.15) is 11.6 Å². The van der Waals surface area contributed by atoms with Crippen molar-refractivity contribution in [2.24, 2.45) is 0 Å². The Hall–Kier alpha value is -0.830. The molecule has 0 N–H and O–H groups in total. The number of hydrogen-bond donors (Lipinski definition) is 0. The minimum atomic E-state index is -0.547. The molecule has 0 aliphatic heterocycles. The van der Waals surface area contributed by atoms with Gasteiger partial charge in [-0.25, -0.2) is 8.78 Å². The van der Waals surface area contributed by atoms with E-state index in [0.717, 1.165) is 6.07 Å². The van der Waals surface area contributed by atoms with Crippen LogP contribution >= 0.6 is 12.2 Å². The lowest BCUT2D eigenvalue weighted by atomic mass is 10.1. The van der Waals surface area contributed by atoms with Gasteiger partial charge >= 0.3 is 0 Å². The fourth-order valence-electron chi connectivity index (χ4n) is 0.951. The molecule has 1 rings (SSSR count). The molecule has 1 aromatic carbocycles. The van der Waals surface area contributed by atoms with E-state index in [-0.39, 0.29) is 0 Å². The van der Waals surface area contributed by atoms with Crippen LogP contribution in [0.25, 0.3) is 0 Å². The Morgan fingerprint density at radius 1 is 1.17 bits per heavy atom. The molecular weight excluding hydrogens is 178 g/mol. The Bertz CT molecular complexity index is 264. The van der Waals surface area contributed by atoms with Gasteiger partial charge in [0.05, 0.1) is 0 Å². The molecule has 0 nitrogen and oxygen atoms in total. The molecule has 0 aliphatic carbocycles. The molecule has 0 atom stereocenters. The van der Waals surface area contributed by atoms with Crippen molar-refractivity contribution < 1.29 is 8.78 Å². The summed E-state index contributed by atoms with van der Waals surface area (Å²) in [4.78, 5) is 0. The van der Waals surface area contributed by atoms with Crippen LogP contribution in [0.2, 0.25) is 0 Å². The van der Waals surface area contributed by atoms with Gasteiger partial charge in [-0.05, 0) is 30.5 Å². The highest BCUT2D eigenvalue weighted by atomic mass is 32.1. The lowest BCUT2D eigenvalue weighted by Crippen LogP contribution is -1.89. The first-order valence-electron chi connectivity index (χ1n) is 3.52. The lowest BCUT2D eigenvalue weighted by molar-refractivity contribution is 0.580. The van der Waals surface area contributed by atoms with Crippen LogP contribution in [0.5, 0.6) is 0 Å². The Labute approximate surface area is 75.2 Å². The van der Waals surface area contributed by atoms with E-state index in [1.54, 1.807) is 0 Å². The summed E-state index contributed by atoms with van der Waals surface area (Å²) in [6.45, 7) is 0. The molecule has 3 heteroatoms. The standard InChI is InChI=1S/C9H7F2S/c10-8-4-7(2-1-3-12)5-9(11)6-8/h4-6H,1-2H2. The minimum absolute atomic E-state index is 0.540. The van der Waals surface area contributed by atoms with Gasteiger partial charge in [-0.2, -0.15) is 0 Å². The summed E-state index contributed by atoms with van der Waals surface area (Å²) in [5.74, 6) is -1.09. The van der Waals surface area contributed by atoms with Crippen LogP contribution in [-0.4, -0.2) is 5.37 Å². The summed E-state index contributed by atoms with van der Waals surface area (Å²) < 4.78 is 25.1. The summed E-state index contributed by atoms with van der Waals surface area (Å²) in [6.07, 6.45) is 1.08. The summed E-state index contributed by atoms with van der Waals surface area (Å²) in [6, 6.07) is 3.45. The molecule has 0 saturated carbocycles. The van der Waals surface area contributed by atoms with Gasteiger partial charge in [0.15, 0.2) is 0 Å². The largest absolute Gasteiger partial charge is 0.207 e. The molecule has 0 heterocycles. The van der Waals surface area contributed by atoms with Crippen LogP contribution < -0.4 is 0 Å². The molecule has 0 aliphatic rings. The monoisotopic (exact) mass is 185 g/mol. The van der Waals surface area contributed by atoms with Crippen molar-refractivity contribution in [3.63, 3.8) is 0 Å². The quantitative estimate of drug-likeness (QED) is 0.652. The van der Waals surface area contributed by atoms with Crippen LogP contribution in [0.1, 0.15) is 12.0 Å². The second-order valence-corrected chi connectivity index (χ2v) is 2.71. The molecule has 1 aromatic rings. The number of thiocarbonyl (C=S) groups is 1. The highest BCUT2D eigenvalue weighted by molar-refractivity contribution is 7.78. The van der Waals surface area contributed by atoms with Crippen LogP contribution in [0, 0.1) is 11.6 Å². The van der Waals surface area contributed by atoms with Crippen molar-refractivity contribution in [1.82, 2.24) is 0 Å². The second-order valence-electron chi connectivity index (χ2n) is 2.42. The summed E-state index contributed by atoms with van der Waals surface area (Å²) in [7, 11) is 0. The average molecular weight is 185 g/mol. The van der Waals surface area contributed by atoms with Gasteiger partial charge in [0.25, 0.3) is 0 Å². The molecule has 0 spiro atoms. The number of halogens is 2. The Balaban J connectivity index is 2.78. The van der Waals surface area contributed by atoms with Gasteiger partial charge in [0.2, 0.25) is 0 Å². The van der Waals surface area contributed by atoms with Gasteiger partial charge in [-0.1, -0.05) is 12.2 Å². The third-order valence-corrected chi connectivity index (χ3v) is 1.64. The molecule has 0 aromatic heterocycles. The maximum atomic E-state index is 12.6. The first kappa shape index (κ1) is 9.26. The predicted octanol–water partition coefficient (Wildman–Crippen LogP) is 2.77. The highest BCUT2D eigenvalue weighted by Gasteiger charge is 1.99. The molecule has 1 radical (unpaired) electrons. The SMILES string of the molecule is Fc1cc(F)cc(CC[C]=S)c1. The zero-order valence-corrected chi connectivity index (χ0v) is 7.13. The first-order valence-corrected chi connectivity index (χ1v) is 3.93. The molecule has 12 heavy (non-hydrogen) atoms. The Morgan fingerprint density at radius 2 is 1.75 bits per heavy atom. The van der Waals surface area contributed by atoms with Crippen LogP contribution in [0.15, 0.2) is 18.2 Å². The van der Waals surface area contributed by atoms with Gasteiger partial charge in [-0.15, -0.1) is 0 Å². The molecular formula is C9H7F2S. The van der Waals surface area contributed by atoms with Gasteiger partial charge in [-0.3, -0.25) is 0 Å².